The molecular formula is C20H19NO4. The Balaban J connectivity index is 1.68. The fourth-order valence-corrected chi connectivity index (χ4v) is 2.42. The molecule has 5 nitrogen and oxygen atoms in total. The van der Waals surface area contributed by atoms with Crippen molar-refractivity contribution in [1.82, 2.24) is 5.16 Å². The Bertz CT molecular complexity index is 836. The maximum Gasteiger partial charge on any atom is 0.342 e. The molecule has 1 aromatic heterocycles. The molecule has 5 heteroatoms. The first kappa shape index (κ1) is 16.8. The van der Waals surface area contributed by atoms with E-state index in [4.69, 9.17) is 14.0 Å². The van der Waals surface area contributed by atoms with Gasteiger partial charge >= 0.3 is 5.97 Å². The Morgan fingerprint density at radius 3 is 2.44 bits per heavy atom. The molecule has 0 unspecified atom stereocenters. The highest BCUT2D eigenvalue weighted by molar-refractivity contribution is 5.92. The predicted octanol–water partition coefficient (Wildman–Crippen LogP) is 4.23. The third-order valence-electron chi connectivity index (χ3n) is 3.87. The van der Waals surface area contributed by atoms with Crippen molar-refractivity contribution in [2.24, 2.45) is 0 Å². The summed E-state index contributed by atoms with van der Waals surface area (Å²) in [4.78, 5) is 12.4. The van der Waals surface area contributed by atoms with Crippen LogP contribution in [0.4, 0.5) is 0 Å². The number of nitrogens with zero attached hydrogens (tertiary/aromatic N) is 1. The molecule has 0 amide bonds. The van der Waals surface area contributed by atoms with E-state index in [2.05, 4.69) is 5.16 Å². The summed E-state index contributed by atoms with van der Waals surface area (Å²) in [7, 11) is 0. The lowest BCUT2D eigenvalue weighted by Crippen LogP contribution is -2.09. The molecule has 0 saturated carbocycles. The number of hydrogen-bond acceptors (Lipinski definition) is 5. The van der Waals surface area contributed by atoms with Crippen molar-refractivity contribution < 1.29 is 18.8 Å². The Morgan fingerprint density at radius 2 is 1.72 bits per heavy atom. The summed E-state index contributed by atoms with van der Waals surface area (Å²) in [5, 5.41) is 3.86. The summed E-state index contributed by atoms with van der Waals surface area (Å²) in [6, 6.07) is 16.8. The molecule has 1 heterocycles. The average Bonchev–Trinajstić information content (AvgIpc) is 2.97. The van der Waals surface area contributed by atoms with Crippen molar-refractivity contribution in [3.05, 3.63) is 82.7 Å². The molecule has 0 aliphatic rings. The minimum absolute atomic E-state index is 0.118. The molecule has 0 aliphatic heterocycles. The molecule has 3 aromatic rings. The number of esters is 1. The molecule has 0 aliphatic carbocycles. The fourth-order valence-electron chi connectivity index (χ4n) is 2.42. The van der Waals surface area contributed by atoms with Crippen LogP contribution in [0.3, 0.4) is 0 Å². The van der Waals surface area contributed by atoms with Gasteiger partial charge in [-0.15, -0.1) is 0 Å². The third-order valence-corrected chi connectivity index (χ3v) is 3.87. The lowest BCUT2D eigenvalue weighted by atomic mass is 10.2. The lowest BCUT2D eigenvalue weighted by Gasteiger charge is -2.11. The standard InChI is InChI=1S/C20H19NO4/c1-14-18(15(2)25-21-14)13-24-20(22)17-10-6-7-11-19(17)23-12-16-8-4-3-5-9-16/h3-11H,12-13H2,1-2H3. The van der Waals surface area contributed by atoms with Gasteiger partial charge < -0.3 is 14.0 Å². The highest BCUT2D eigenvalue weighted by Gasteiger charge is 2.16. The van der Waals surface area contributed by atoms with Crippen LogP contribution in [-0.4, -0.2) is 11.1 Å². The summed E-state index contributed by atoms with van der Waals surface area (Å²) < 4.78 is 16.3. The predicted molar refractivity (Wildman–Crippen MR) is 92.3 cm³/mol. The van der Waals surface area contributed by atoms with E-state index in [0.717, 1.165) is 16.8 Å². The summed E-state index contributed by atoms with van der Waals surface area (Å²) in [5.74, 6) is 0.706. The number of aryl methyl sites for hydroxylation is 2. The van der Waals surface area contributed by atoms with Gasteiger partial charge in [0.2, 0.25) is 0 Å². The first-order valence-electron chi connectivity index (χ1n) is 8.00. The first-order valence-corrected chi connectivity index (χ1v) is 8.00. The van der Waals surface area contributed by atoms with Gasteiger partial charge in [0.05, 0.1) is 11.3 Å². The van der Waals surface area contributed by atoms with Gasteiger partial charge in [-0.2, -0.15) is 0 Å². The molecule has 0 N–H and O–H groups in total. The molecule has 0 saturated heterocycles. The number of rotatable bonds is 6. The van der Waals surface area contributed by atoms with Crippen molar-refractivity contribution in [3.63, 3.8) is 0 Å². The van der Waals surface area contributed by atoms with Gasteiger partial charge in [0, 0.05) is 0 Å². The Hall–Kier alpha value is -3.08. The summed E-state index contributed by atoms with van der Waals surface area (Å²) in [6.07, 6.45) is 0. The Morgan fingerprint density at radius 1 is 1.00 bits per heavy atom. The van der Waals surface area contributed by atoms with Crippen LogP contribution in [0.5, 0.6) is 5.75 Å². The van der Waals surface area contributed by atoms with Gasteiger partial charge in [-0.25, -0.2) is 4.79 Å². The largest absolute Gasteiger partial charge is 0.488 e. The van der Waals surface area contributed by atoms with E-state index in [9.17, 15) is 4.79 Å². The van der Waals surface area contributed by atoms with Gasteiger partial charge in [0.15, 0.2) is 0 Å². The maximum atomic E-state index is 12.4. The number of hydrogen-bond donors (Lipinski definition) is 0. The molecule has 0 bridgehead atoms. The van der Waals surface area contributed by atoms with Gasteiger partial charge in [0.25, 0.3) is 0 Å². The Kier molecular flexibility index (Phi) is 5.14. The minimum atomic E-state index is -0.441. The molecule has 25 heavy (non-hydrogen) atoms. The quantitative estimate of drug-likeness (QED) is 0.630. The third kappa shape index (κ3) is 4.07. The number of carbonyl (C=O) groups excluding carboxylic acids is 1. The average molecular weight is 337 g/mol. The summed E-state index contributed by atoms with van der Waals surface area (Å²) in [5.41, 5.74) is 2.93. The highest BCUT2D eigenvalue weighted by Crippen LogP contribution is 2.22. The van der Waals surface area contributed by atoms with Crippen LogP contribution in [0.25, 0.3) is 0 Å². The molecule has 0 fully saturated rings. The second-order valence-corrected chi connectivity index (χ2v) is 5.65. The minimum Gasteiger partial charge on any atom is -0.488 e. The maximum absolute atomic E-state index is 12.4. The van der Waals surface area contributed by atoms with Crippen molar-refractivity contribution >= 4 is 5.97 Å². The van der Waals surface area contributed by atoms with Gasteiger partial charge in [-0.1, -0.05) is 47.6 Å². The second-order valence-electron chi connectivity index (χ2n) is 5.65. The van der Waals surface area contributed by atoms with Crippen molar-refractivity contribution in [2.45, 2.75) is 27.1 Å². The smallest absolute Gasteiger partial charge is 0.342 e. The molecule has 0 radical (unpaired) electrons. The van der Waals surface area contributed by atoms with E-state index >= 15 is 0 Å². The van der Waals surface area contributed by atoms with Crippen LogP contribution in [0.15, 0.2) is 59.1 Å². The normalized spacial score (nSPS) is 10.5. The SMILES string of the molecule is Cc1noc(C)c1COC(=O)c1ccccc1OCc1ccccc1. The fraction of sp³-hybridized carbons (Fsp3) is 0.200. The summed E-state index contributed by atoms with van der Waals surface area (Å²) >= 11 is 0. The van der Waals surface area contributed by atoms with Crippen molar-refractivity contribution in [3.8, 4) is 5.75 Å². The van der Waals surface area contributed by atoms with Gasteiger partial charge in [-0.3, -0.25) is 0 Å². The summed E-state index contributed by atoms with van der Waals surface area (Å²) in [6.45, 7) is 4.11. The van der Waals surface area contributed by atoms with Crippen LogP contribution in [-0.2, 0) is 18.0 Å². The second kappa shape index (κ2) is 7.66. The van der Waals surface area contributed by atoms with E-state index in [1.807, 2.05) is 43.3 Å². The van der Waals surface area contributed by atoms with E-state index in [0.29, 0.717) is 23.7 Å². The van der Waals surface area contributed by atoms with Crippen LogP contribution < -0.4 is 4.74 Å². The number of para-hydroxylation sites is 1. The number of benzene rings is 2. The highest BCUT2D eigenvalue weighted by atomic mass is 16.5. The van der Waals surface area contributed by atoms with Gasteiger partial charge in [0.1, 0.15) is 30.3 Å². The number of ether oxygens (including phenoxy) is 2. The first-order chi connectivity index (χ1) is 12.1. The Labute approximate surface area is 146 Å². The van der Waals surface area contributed by atoms with Crippen LogP contribution >= 0.6 is 0 Å². The van der Waals surface area contributed by atoms with Crippen LogP contribution in [0.1, 0.15) is 32.9 Å². The van der Waals surface area contributed by atoms with Crippen LogP contribution in [0.2, 0.25) is 0 Å². The lowest BCUT2D eigenvalue weighted by molar-refractivity contribution is 0.0465. The monoisotopic (exact) mass is 337 g/mol. The molecular weight excluding hydrogens is 318 g/mol. The van der Waals surface area contributed by atoms with E-state index in [-0.39, 0.29) is 6.61 Å². The van der Waals surface area contributed by atoms with Crippen molar-refractivity contribution in [1.29, 1.82) is 0 Å². The zero-order chi connectivity index (χ0) is 17.6. The molecule has 0 spiro atoms. The molecule has 128 valence electrons. The van der Waals surface area contributed by atoms with E-state index < -0.39 is 5.97 Å². The number of aromatic nitrogens is 1. The van der Waals surface area contributed by atoms with E-state index in [1.165, 1.54) is 0 Å². The van der Waals surface area contributed by atoms with Crippen molar-refractivity contribution in [2.75, 3.05) is 0 Å². The molecule has 3 rings (SSSR count). The van der Waals surface area contributed by atoms with Gasteiger partial charge in [-0.05, 0) is 31.5 Å². The molecule has 2 aromatic carbocycles. The zero-order valence-corrected chi connectivity index (χ0v) is 14.2. The molecule has 0 atom stereocenters. The van der Waals surface area contributed by atoms with E-state index in [1.54, 1.807) is 25.1 Å². The zero-order valence-electron chi connectivity index (χ0n) is 14.2. The topological polar surface area (TPSA) is 61.6 Å². The van der Waals surface area contributed by atoms with Crippen LogP contribution in [0, 0.1) is 13.8 Å². The number of carbonyl (C=O) groups is 1.